The van der Waals surface area contributed by atoms with Gasteiger partial charge in [-0.3, -0.25) is 4.79 Å². The average molecular weight is 401 g/mol. The van der Waals surface area contributed by atoms with Gasteiger partial charge in [-0.2, -0.15) is 0 Å². The molecule has 144 valence electrons. The number of esters is 1. The van der Waals surface area contributed by atoms with E-state index in [1.807, 2.05) is 38.1 Å². The van der Waals surface area contributed by atoms with Gasteiger partial charge in [-0.1, -0.05) is 29.8 Å². The number of carbonyl (C=O) groups is 2. The fraction of sp³-hybridized carbons (Fsp3) is 0.143. The van der Waals surface area contributed by atoms with Crippen LogP contribution in [0.4, 0.5) is 13.8 Å². The number of rotatable bonds is 4. The van der Waals surface area contributed by atoms with Crippen molar-refractivity contribution < 1.29 is 23.1 Å². The third-order valence-electron chi connectivity index (χ3n) is 4.22. The van der Waals surface area contributed by atoms with E-state index in [-0.39, 0.29) is 16.1 Å². The molecule has 0 aliphatic carbocycles. The van der Waals surface area contributed by atoms with E-state index >= 15 is 0 Å². The lowest BCUT2D eigenvalue weighted by atomic mass is 10.0. The Morgan fingerprint density at radius 1 is 1.00 bits per heavy atom. The standard InChI is InChI=1S/C21H17F2NO3S/c1-11-4-6-13(7-5-11)17-12(2)28-20(18(17)21(26)27-3)24-19(25)14-8-9-15(22)16(23)10-14/h4-10H,1-3H3,(H,24,25). The number of benzene rings is 2. The topological polar surface area (TPSA) is 55.4 Å². The highest BCUT2D eigenvalue weighted by Crippen LogP contribution is 2.40. The van der Waals surface area contributed by atoms with E-state index in [0.29, 0.717) is 5.56 Å². The number of amides is 1. The number of thiophene rings is 1. The van der Waals surface area contributed by atoms with Crippen LogP contribution in [0.1, 0.15) is 31.2 Å². The van der Waals surface area contributed by atoms with Crippen molar-refractivity contribution in [1.29, 1.82) is 0 Å². The molecule has 0 aliphatic rings. The summed E-state index contributed by atoms with van der Waals surface area (Å²) in [7, 11) is 1.26. The molecule has 0 unspecified atom stereocenters. The van der Waals surface area contributed by atoms with Gasteiger partial charge in [0.1, 0.15) is 10.6 Å². The first kappa shape index (κ1) is 19.7. The summed E-state index contributed by atoms with van der Waals surface area (Å²) >= 11 is 1.21. The van der Waals surface area contributed by atoms with Crippen LogP contribution < -0.4 is 5.32 Å². The molecular weight excluding hydrogens is 384 g/mol. The van der Waals surface area contributed by atoms with Gasteiger partial charge >= 0.3 is 5.97 Å². The monoisotopic (exact) mass is 401 g/mol. The molecule has 28 heavy (non-hydrogen) atoms. The van der Waals surface area contributed by atoms with Crippen molar-refractivity contribution in [2.75, 3.05) is 12.4 Å². The number of ether oxygens (including phenoxy) is 1. The van der Waals surface area contributed by atoms with Gasteiger partial charge in [0.2, 0.25) is 0 Å². The van der Waals surface area contributed by atoms with Gasteiger partial charge in [-0.05, 0) is 37.6 Å². The molecule has 0 saturated heterocycles. The fourth-order valence-corrected chi connectivity index (χ4v) is 3.87. The molecule has 1 aromatic heterocycles. The lowest BCUT2D eigenvalue weighted by molar-refractivity contribution is 0.0603. The van der Waals surface area contributed by atoms with E-state index in [1.165, 1.54) is 24.5 Å². The van der Waals surface area contributed by atoms with Crippen molar-refractivity contribution in [3.63, 3.8) is 0 Å². The predicted molar refractivity (Wildman–Crippen MR) is 105 cm³/mol. The third kappa shape index (κ3) is 3.80. The minimum absolute atomic E-state index is 0.0577. The summed E-state index contributed by atoms with van der Waals surface area (Å²) < 4.78 is 31.5. The number of anilines is 1. The normalized spacial score (nSPS) is 10.6. The van der Waals surface area contributed by atoms with Gasteiger partial charge in [-0.25, -0.2) is 13.6 Å². The molecule has 0 bridgehead atoms. The highest BCUT2D eigenvalue weighted by molar-refractivity contribution is 7.17. The van der Waals surface area contributed by atoms with Crippen molar-refractivity contribution in [2.45, 2.75) is 13.8 Å². The van der Waals surface area contributed by atoms with Crippen LogP contribution in [0.15, 0.2) is 42.5 Å². The second kappa shape index (κ2) is 7.90. The van der Waals surface area contributed by atoms with Crippen molar-refractivity contribution in [1.82, 2.24) is 0 Å². The van der Waals surface area contributed by atoms with Gasteiger partial charge < -0.3 is 10.1 Å². The number of aryl methyl sites for hydroxylation is 2. The molecule has 4 nitrogen and oxygen atoms in total. The molecule has 0 atom stereocenters. The largest absolute Gasteiger partial charge is 0.465 e. The summed E-state index contributed by atoms with van der Waals surface area (Å²) in [6, 6.07) is 10.5. The Bertz CT molecular complexity index is 1060. The molecule has 7 heteroatoms. The molecule has 3 rings (SSSR count). The van der Waals surface area contributed by atoms with Crippen LogP contribution in [0.3, 0.4) is 0 Å². The van der Waals surface area contributed by atoms with Crippen LogP contribution in [-0.4, -0.2) is 19.0 Å². The molecule has 0 spiro atoms. The molecule has 1 heterocycles. The molecule has 0 aliphatic heterocycles. The fourth-order valence-electron chi connectivity index (χ4n) is 2.81. The first-order valence-electron chi connectivity index (χ1n) is 8.37. The summed E-state index contributed by atoms with van der Waals surface area (Å²) in [6.07, 6.45) is 0. The Hall–Kier alpha value is -3.06. The molecule has 0 fully saturated rings. The Kier molecular flexibility index (Phi) is 5.56. The lowest BCUT2D eigenvalue weighted by Gasteiger charge is -2.09. The van der Waals surface area contributed by atoms with Crippen LogP contribution in [0.5, 0.6) is 0 Å². The molecule has 2 aromatic carbocycles. The van der Waals surface area contributed by atoms with Crippen LogP contribution in [0, 0.1) is 25.5 Å². The molecular formula is C21H17F2NO3S. The molecule has 0 radical (unpaired) electrons. The number of methoxy groups -OCH3 is 1. The van der Waals surface area contributed by atoms with Crippen molar-refractivity contribution in [2.24, 2.45) is 0 Å². The zero-order valence-corrected chi connectivity index (χ0v) is 16.2. The number of nitrogens with one attached hydrogen (secondary N) is 1. The highest BCUT2D eigenvalue weighted by atomic mass is 32.1. The lowest BCUT2D eigenvalue weighted by Crippen LogP contribution is -2.14. The first-order valence-corrected chi connectivity index (χ1v) is 9.18. The van der Waals surface area contributed by atoms with Crippen LogP contribution in [-0.2, 0) is 4.74 Å². The molecule has 1 amide bonds. The Morgan fingerprint density at radius 3 is 2.29 bits per heavy atom. The van der Waals surface area contributed by atoms with Crippen molar-refractivity contribution in [3.05, 3.63) is 75.7 Å². The Labute approximate surface area is 164 Å². The van der Waals surface area contributed by atoms with Crippen LogP contribution >= 0.6 is 11.3 Å². The third-order valence-corrected chi connectivity index (χ3v) is 5.24. The maximum Gasteiger partial charge on any atom is 0.341 e. The van der Waals surface area contributed by atoms with E-state index in [0.717, 1.165) is 28.1 Å². The van der Waals surface area contributed by atoms with E-state index in [1.54, 1.807) is 0 Å². The van der Waals surface area contributed by atoms with Gasteiger partial charge in [-0.15, -0.1) is 11.3 Å². The van der Waals surface area contributed by atoms with E-state index in [9.17, 15) is 18.4 Å². The SMILES string of the molecule is COC(=O)c1c(NC(=O)c2ccc(F)c(F)c2)sc(C)c1-c1ccc(C)cc1. The summed E-state index contributed by atoms with van der Waals surface area (Å²) in [5.74, 6) is -3.41. The minimum Gasteiger partial charge on any atom is -0.465 e. The number of hydrogen-bond donors (Lipinski definition) is 1. The van der Waals surface area contributed by atoms with Gasteiger partial charge in [0.25, 0.3) is 5.91 Å². The zero-order chi connectivity index (χ0) is 20.4. The molecule has 1 N–H and O–H groups in total. The minimum atomic E-state index is -1.12. The molecule has 0 saturated carbocycles. The van der Waals surface area contributed by atoms with Crippen molar-refractivity contribution in [3.8, 4) is 11.1 Å². The van der Waals surface area contributed by atoms with Crippen LogP contribution in [0.25, 0.3) is 11.1 Å². The van der Waals surface area contributed by atoms with E-state index in [4.69, 9.17) is 4.74 Å². The van der Waals surface area contributed by atoms with E-state index < -0.39 is 23.5 Å². The number of halogens is 2. The second-order valence-electron chi connectivity index (χ2n) is 6.18. The van der Waals surface area contributed by atoms with Gasteiger partial charge in [0.15, 0.2) is 11.6 Å². The van der Waals surface area contributed by atoms with E-state index in [2.05, 4.69) is 5.32 Å². The van der Waals surface area contributed by atoms with Crippen LogP contribution in [0.2, 0.25) is 0 Å². The summed E-state index contributed by atoms with van der Waals surface area (Å²) in [5, 5.41) is 2.91. The predicted octanol–water partition coefficient (Wildman–Crippen LogP) is 5.35. The summed E-state index contributed by atoms with van der Waals surface area (Å²) in [5.41, 5.74) is 2.72. The van der Waals surface area contributed by atoms with Gasteiger partial charge in [0.05, 0.1) is 7.11 Å². The zero-order valence-electron chi connectivity index (χ0n) is 15.4. The number of carbonyl (C=O) groups excluding carboxylic acids is 2. The second-order valence-corrected chi connectivity index (χ2v) is 7.40. The Morgan fingerprint density at radius 2 is 1.68 bits per heavy atom. The average Bonchev–Trinajstić information content (AvgIpc) is 2.99. The number of hydrogen-bond acceptors (Lipinski definition) is 4. The smallest absolute Gasteiger partial charge is 0.341 e. The maximum atomic E-state index is 13.4. The summed E-state index contributed by atoms with van der Waals surface area (Å²) in [6.45, 7) is 3.79. The Balaban J connectivity index is 2.04. The first-order chi connectivity index (χ1) is 13.3. The van der Waals surface area contributed by atoms with Crippen molar-refractivity contribution >= 4 is 28.2 Å². The maximum absolute atomic E-state index is 13.4. The summed E-state index contributed by atoms with van der Waals surface area (Å²) in [4.78, 5) is 25.8. The highest BCUT2D eigenvalue weighted by Gasteiger charge is 2.25. The molecule has 3 aromatic rings. The quantitative estimate of drug-likeness (QED) is 0.600. The van der Waals surface area contributed by atoms with Gasteiger partial charge in [0, 0.05) is 16.0 Å².